The van der Waals surface area contributed by atoms with Crippen LogP contribution in [-0.4, -0.2) is 90.1 Å². The van der Waals surface area contributed by atoms with Crippen molar-refractivity contribution in [3.05, 3.63) is 0 Å². The first-order chi connectivity index (χ1) is 14.4. The van der Waals surface area contributed by atoms with Gasteiger partial charge < -0.3 is 25.4 Å². The number of thioether (sulfide) groups is 1. The maximum absolute atomic E-state index is 12.8. The van der Waals surface area contributed by atoms with Gasteiger partial charge in [0.05, 0.1) is 5.84 Å². The fourth-order valence-electron chi connectivity index (χ4n) is 2.68. The van der Waals surface area contributed by atoms with E-state index in [1.54, 1.807) is 20.2 Å². The van der Waals surface area contributed by atoms with Gasteiger partial charge >= 0.3 is 7.05 Å². The van der Waals surface area contributed by atoms with E-state index in [0.29, 0.717) is 5.84 Å². The molecule has 4 N–H and O–H groups in total. The maximum atomic E-state index is 12.8. The average Bonchev–Trinajstić information content (AvgIpc) is 2.66. The number of hydrogen-bond acceptors (Lipinski definition) is 7. The van der Waals surface area contributed by atoms with Crippen molar-refractivity contribution in [1.82, 2.24) is 20.3 Å². The van der Waals surface area contributed by atoms with Crippen LogP contribution in [-0.2, 0) is 14.4 Å². The fraction of sp³-hybridized carbons (Fsp3) is 0.737. The Kier molecular flexibility index (Phi) is 14.1. The maximum Gasteiger partial charge on any atom is 0.373 e. The Balaban J connectivity index is 5.12. The number of aliphatic imine (C=N–C) groups is 1. The van der Waals surface area contributed by atoms with Crippen LogP contribution in [0.1, 0.15) is 40.0 Å². The summed E-state index contributed by atoms with van der Waals surface area (Å²) < 4.78 is 0. The number of rotatable bonds is 11. The summed E-state index contributed by atoms with van der Waals surface area (Å²) in [5.74, 6) is -0.519. The molecule has 0 aromatic rings. The van der Waals surface area contributed by atoms with Gasteiger partial charge in [0.25, 0.3) is 5.91 Å². The Bertz CT molecular complexity index is 661. The second kappa shape index (κ2) is 15.0. The molecular formula is C19H37BN6O4S. The Morgan fingerprint density at radius 1 is 1.26 bits per heavy atom. The van der Waals surface area contributed by atoms with Crippen molar-refractivity contribution in [3.8, 4) is 0 Å². The van der Waals surface area contributed by atoms with Crippen LogP contribution < -0.4 is 10.5 Å². The molecule has 3 amide bonds. The number of amides is 3. The minimum absolute atomic E-state index is 0.0295. The van der Waals surface area contributed by atoms with E-state index in [0.717, 1.165) is 31.1 Å². The van der Waals surface area contributed by atoms with Gasteiger partial charge in [-0.15, -0.1) is 0 Å². The van der Waals surface area contributed by atoms with Crippen LogP contribution in [0.3, 0.4) is 0 Å². The summed E-state index contributed by atoms with van der Waals surface area (Å²) in [5, 5.41) is 22.5. The third kappa shape index (κ3) is 12.5. The first kappa shape index (κ1) is 29.1. The van der Waals surface area contributed by atoms with Crippen molar-refractivity contribution in [2.45, 2.75) is 52.9 Å². The monoisotopic (exact) mass is 456 g/mol. The third-order valence-electron chi connectivity index (χ3n) is 4.73. The Morgan fingerprint density at radius 3 is 2.35 bits per heavy atom. The molecule has 0 aromatic carbocycles. The SMILES string of the molecule is CSC(=NC(=O)C(CNB(C)O)N(C)C(=O)C[C@H](C)CCCN(C)C(C)=N)NC(C)=O. The summed E-state index contributed by atoms with van der Waals surface area (Å²) in [6.07, 6.45) is 3.63. The lowest BCUT2D eigenvalue weighted by Gasteiger charge is -2.27. The Labute approximate surface area is 190 Å². The highest BCUT2D eigenvalue weighted by Crippen LogP contribution is 2.14. The molecule has 0 rings (SSSR count). The standard InChI is InChI=1S/C19H37BN6O4S/c1-13(9-8-10-25(5)14(2)21)11-17(28)26(6)16(12-22-20(4)30)18(29)24-19(31-7)23-15(3)27/h13,16,21-22,30H,8-12H2,1-7H3,(H,23,24,27,29)/t13-,16?/m1/s1. The van der Waals surface area contributed by atoms with Gasteiger partial charge in [0, 0.05) is 40.5 Å². The zero-order chi connectivity index (χ0) is 24.1. The Morgan fingerprint density at radius 2 is 1.87 bits per heavy atom. The van der Waals surface area contributed by atoms with Crippen molar-refractivity contribution < 1.29 is 19.4 Å². The minimum Gasteiger partial charge on any atom is -0.437 e. The van der Waals surface area contributed by atoms with Crippen molar-refractivity contribution in [2.75, 3.05) is 33.4 Å². The highest BCUT2D eigenvalue weighted by atomic mass is 32.2. The largest absolute Gasteiger partial charge is 0.437 e. The molecule has 0 radical (unpaired) electrons. The van der Waals surface area contributed by atoms with Crippen LogP contribution in [0.15, 0.2) is 4.99 Å². The molecule has 0 saturated heterocycles. The topological polar surface area (TPSA) is 138 Å². The number of carbonyl (C=O) groups excluding carboxylic acids is 3. The number of likely N-dealkylation sites (N-methyl/N-ethyl adjacent to an activating group) is 1. The van der Waals surface area contributed by atoms with Gasteiger partial charge in [-0.2, -0.15) is 4.99 Å². The summed E-state index contributed by atoms with van der Waals surface area (Å²) >= 11 is 1.12. The average molecular weight is 456 g/mol. The van der Waals surface area contributed by atoms with Gasteiger partial charge in [0.15, 0.2) is 5.17 Å². The molecule has 1 unspecified atom stereocenters. The molecule has 0 aliphatic heterocycles. The van der Waals surface area contributed by atoms with Gasteiger partial charge in [0.2, 0.25) is 11.8 Å². The predicted octanol–water partition coefficient (Wildman–Crippen LogP) is 0.630. The van der Waals surface area contributed by atoms with E-state index >= 15 is 0 Å². The molecule has 0 bridgehead atoms. The van der Waals surface area contributed by atoms with E-state index < -0.39 is 19.0 Å². The number of nitrogens with zero attached hydrogens (tertiary/aromatic N) is 3. The van der Waals surface area contributed by atoms with E-state index in [9.17, 15) is 19.4 Å². The molecular weight excluding hydrogens is 419 g/mol. The Hall–Kier alpha value is -1.92. The van der Waals surface area contributed by atoms with Crippen LogP contribution in [0.4, 0.5) is 0 Å². The van der Waals surface area contributed by atoms with Gasteiger partial charge in [-0.05, 0) is 38.8 Å². The van der Waals surface area contributed by atoms with Gasteiger partial charge in [0.1, 0.15) is 6.04 Å². The summed E-state index contributed by atoms with van der Waals surface area (Å²) in [7, 11) is 2.55. The second-order valence-corrected chi connectivity index (χ2v) is 8.50. The lowest BCUT2D eigenvalue weighted by atomic mass is 9.88. The quantitative estimate of drug-likeness (QED) is 0.203. The molecule has 12 heteroatoms. The number of carbonyl (C=O) groups is 3. The summed E-state index contributed by atoms with van der Waals surface area (Å²) in [6.45, 7) is 7.33. The van der Waals surface area contributed by atoms with Crippen LogP contribution in [0.25, 0.3) is 0 Å². The van der Waals surface area contributed by atoms with E-state index in [4.69, 9.17) is 5.41 Å². The van der Waals surface area contributed by atoms with E-state index in [1.807, 2.05) is 18.9 Å². The summed E-state index contributed by atoms with van der Waals surface area (Å²) in [6, 6.07) is -0.920. The number of amidine groups is 2. The van der Waals surface area contributed by atoms with Crippen LogP contribution in [0.5, 0.6) is 0 Å². The van der Waals surface area contributed by atoms with Gasteiger partial charge in [-0.1, -0.05) is 18.7 Å². The molecule has 0 aliphatic carbocycles. The van der Waals surface area contributed by atoms with Crippen molar-refractivity contribution in [1.29, 1.82) is 5.41 Å². The molecule has 0 spiro atoms. The lowest BCUT2D eigenvalue weighted by Crippen LogP contribution is -2.50. The van der Waals surface area contributed by atoms with Gasteiger partial charge in [-0.25, -0.2) is 0 Å². The smallest absolute Gasteiger partial charge is 0.373 e. The zero-order valence-corrected chi connectivity index (χ0v) is 20.5. The van der Waals surface area contributed by atoms with Crippen LogP contribution in [0, 0.1) is 11.3 Å². The van der Waals surface area contributed by atoms with Gasteiger partial charge in [-0.3, -0.25) is 19.8 Å². The molecule has 31 heavy (non-hydrogen) atoms. The normalized spacial score (nSPS) is 13.2. The predicted molar refractivity (Wildman–Crippen MR) is 127 cm³/mol. The first-order valence-corrected chi connectivity index (χ1v) is 11.5. The molecule has 0 saturated carbocycles. The molecule has 0 aromatic heterocycles. The fourth-order valence-corrected chi connectivity index (χ4v) is 3.11. The summed E-state index contributed by atoms with van der Waals surface area (Å²) in [4.78, 5) is 44.0. The minimum atomic E-state index is -0.920. The first-order valence-electron chi connectivity index (χ1n) is 10.3. The molecule has 2 atom stereocenters. The van der Waals surface area contributed by atoms with Crippen LogP contribution >= 0.6 is 11.8 Å². The molecule has 0 aliphatic rings. The molecule has 176 valence electrons. The number of nitrogens with one attached hydrogen (secondary N) is 3. The van der Waals surface area contributed by atoms with Crippen molar-refractivity contribution in [3.63, 3.8) is 0 Å². The molecule has 0 fully saturated rings. The molecule has 10 nitrogen and oxygen atoms in total. The zero-order valence-electron chi connectivity index (χ0n) is 19.7. The van der Waals surface area contributed by atoms with E-state index in [-0.39, 0.29) is 35.9 Å². The van der Waals surface area contributed by atoms with E-state index in [1.165, 1.54) is 18.6 Å². The summed E-state index contributed by atoms with van der Waals surface area (Å²) in [5.41, 5.74) is 0. The van der Waals surface area contributed by atoms with Crippen molar-refractivity contribution >= 4 is 47.5 Å². The van der Waals surface area contributed by atoms with Crippen molar-refractivity contribution in [2.24, 2.45) is 10.9 Å². The second-order valence-electron chi connectivity index (χ2n) is 7.70. The lowest BCUT2D eigenvalue weighted by molar-refractivity contribution is -0.138. The third-order valence-corrected chi connectivity index (χ3v) is 5.31. The highest BCUT2D eigenvalue weighted by Gasteiger charge is 2.28. The number of hydrogen-bond donors (Lipinski definition) is 4. The van der Waals surface area contributed by atoms with E-state index in [2.05, 4.69) is 15.5 Å². The highest BCUT2D eigenvalue weighted by molar-refractivity contribution is 8.13. The molecule has 0 heterocycles. The van der Waals surface area contributed by atoms with Crippen LogP contribution in [0.2, 0.25) is 6.82 Å².